The fourth-order valence-electron chi connectivity index (χ4n) is 2.44. The monoisotopic (exact) mass is 287 g/mol. The van der Waals surface area contributed by atoms with Crippen LogP contribution in [0.5, 0.6) is 0 Å². The Bertz CT molecular complexity index is 660. The van der Waals surface area contributed by atoms with E-state index in [4.69, 9.17) is 4.74 Å². The van der Waals surface area contributed by atoms with Crippen LogP contribution in [-0.4, -0.2) is 30.8 Å². The molecule has 0 unspecified atom stereocenters. The van der Waals surface area contributed by atoms with Gasteiger partial charge in [0.25, 0.3) is 11.7 Å². The van der Waals surface area contributed by atoms with Crippen LogP contribution in [0, 0.1) is 13.8 Å². The molecule has 0 radical (unpaired) electrons. The summed E-state index contributed by atoms with van der Waals surface area (Å²) in [5, 5.41) is 0. The highest BCUT2D eigenvalue weighted by molar-refractivity contribution is 6.52. The van der Waals surface area contributed by atoms with Crippen LogP contribution >= 0.6 is 0 Å². The van der Waals surface area contributed by atoms with Gasteiger partial charge in [-0.05, 0) is 38.0 Å². The van der Waals surface area contributed by atoms with Crippen LogP contribution in [0.15, 0.2) is 24.3 Å². The number of anilines is 1. The lowest BCUT2D eigenvalue weighted by Gasteiger charge is -2.18. The Morgan fingerprint density at radius 3 is 2.57 bits per heavy atom. The second-order valence-corrected chi connectivity index (χ2v) is 5.02. The lowest BCUT2D eigenvalue weighted by Crippen LogP contribution is -2.33. The molecule has 1 aliphatic rings. The van der Waals surface area contributed by atoms with Crippen molar-refractivity contribution < 1.29 is 19.1 Å². The van der Waals surface area contributed by atoms with Crippen molar-refractivity contribution in [1.29, 1.82) is 0 Å². The summed E-state index contributed by atoms with van der Waals surface area (Å²) in [4.78, 5) is 37.1. The normalized spacial score (nSPS) is 13.4. The largest absolute Gasteiger partial charge is 0.463 e. The highest BCUT2D eigenvalue weighted by atomic mass is 16.5. The van der Waals surface area contributed by atoms with Crippen molar-refractivity contribution in [2.24, 2.45) is 0 Å². The second-order valence-electron chi connectivity index (χ2n) is 5.02. The van der Waals surface area contributed by atoms with E-state index in [0.29, 0.717) is 11.3 Å². The number of aryl methyl sites for hydroxylation is 2. The van der Waals surface area contributed by atoms with Crippen molar-refractivity contribution >= 4 is 23.3 Å². The SMILES string of the molecule is C=C(CN1C(=O)C(=O)c2c(C)cc(C)cc21)C(=O)OCC. The number of amides is 1. The number of benzene rings is 1. The molecule has 110 valence electrons. The number of nitrogens with zero attached hydrogens (tertiary/aromatic N) is 1. The number of rotatable bonds is 4. The predicted molar refractivity (Wildman–Crippen MR) is 78.4 cm³/mol. The van der Waals surface area contributed by atoms with Crippen LogP contribution in [0.25, 0.3) is 0 Å². The molecule has 0 spiro atoms. The van der Waals surface area contributed by atoms with E-state index < -0.39 is 17.7 Å². The number of fused-ring (bicyclic) bond motifs is 1. The molecule has 0 bridgehead atoms. The van der Waals surface area contributed by atoms with Gasteiger partial charge in [0, 0.05) is 5.57 Å². The summed E-state index contributed by atoms with van der Waals surface area (Å²) in [5.41, 5.74) is 2.79. The van der Waals surface area contributed by atoms with Gasteiger partial charge in [0.2, 0.25) is 0 Å². The molecule has 21 heavy (non-hydrogen) atoms. The van der Waals surface area contributed by atoms with Gasteiger partial charge in [0.1, 0.15) is 0 Å². The predicted octanol–water partition coefficient (Wildman–Crippen LogP) is 1.95. The van der Waals surface area contributed by atoms with Crippen LogP contribution < -0.4 is 4.90 Å². The van der Waals surface area contributed by atoms with Gasteiger partial charge in [0.05, 0.1) is 24.4 Å². The van der Waals surface area contributed by atoms with Gasteiger partial charge in [-0.1, -0.05) is 12.6 Å². The smallest absolute Gasteiger partial charge is 0.335 e. The first-order valence-electron chi connectivity index (χ1n) is 6.69. The molecule has 1 heterocycles. The van der Waals surface area contributed by atoms with E-state index in [2.05, 4.69) is 6.58 Å². The number of ether oxygens (including phenoxy) is 1. The minimum atomic E-state index is -0.635. The zero-order valence-electron chi connectivity index (χ0n) is 12.4. The molecule has 0 aromatic heterocycles. The molecule has 1 aliphatic heterocycles. The third-order valence-electron chi connectivity index (χ3n) is 3.33. The lowest BCUT2D eigenvalue weighted by atomic mass is 10.0. The van der Waals surface area contributed by atoms with Crippen molar-refractivity contribution in [3.63, 3.8) is 0 Å². The fraction of sp³-hybridized carbons (Fsp3) is 0.312. The molecule has 1 aromatic carbocycles. The van der Waals surface area contributed by atoms with Crippen molar-refractivity contribution in [3.8, 4) is 0 Å². The Balaban J connectivity index is 2.35. The third-order valence-corrected chi connectivity index (χ3v) is 3.33. The van der Waals surface area contributed by atoms with E-state index in [0.717, 1.165) is 11.1 Å². The van der Waals surface area contributed by atoms with Gasteiger partial charge in [0.15, 0.2) is 0 Å². The molecule has 0 aliphatic carbocycles. The van der Waals surface area contributed by atoms with Gasteiger partial charge in [-0.15, -0.1) is 0 Å². The molecular formula is C16H17NO4. The Hall–Kier alpha value is -2.43. The second kappa shape index (κ2) is 5.52. The molecule has 0 saturated carbocycles. The maximum Gasteiger partial charge on any atom is 0.335 e. The molecule has 0 atom stereocenters. The number of Topliss-reactive ketones (excluding diaryl/α,β-unsaturated/α-hetero) is 1. The van der Waals surface area contributed by atoms with Crippen LogP contribution in [0.4, 0.5) is 5.69 Å². The van der Waals surface area contributed by atoms with Crippen LogP contribution in [0.2, 0.25) is 0 Å². The molecule has 1 aromatic rings. The van der Waals surface area contributed by atoms with E-state index in [1.54, 1.807) is 19.9 Å². The first kappa shape index (κ1) is 15.0. The maximum atomic E-state index is 12.1. The summed E-state index contributed by atoms with van der Waals surface area (Å²) in [6.45, 7) is 9.20. The van der Waals surface area contributed by atoms with E-state index in [1.165, 1.54) is 4.90 Å². The van der Waals surface area contributed by atoms with Gasteiger partial charge < -0.3 is 9.64 Å². The number of carbonyl (C=O) groups excluding carboxylic acids is 3. The summed E-state index contributed by atoms with van der Waals surface area (Å²) in [6, 6.07) is 3.62. The molecule has 0 N–H and O–H groups in total. The Kier molecular flexibility index (Phi) is 3.93. The quantitative estimate of drug-likeness (QED) is 0.482. The standard InChI is InChI=1S/C16H17NO4/c1-5-21-16(20)11(4)8-17-12-7-9(2)6-10(3)13(12)14(18)15(17)19/h6-7H,4-5,8H2,1-3H3. The van der Waals surface area contributed by atoms with Crippen LogP contribution in [0.3, 0.4) is 0 Å². The highest BCUT2D eigenvalue weighted by Gasteiger charge is 2.37. The first-order valence-corrected chi connectivity index (χ1v) is 6.69. The van der Waals surface area contributed by atoms with E-state index in [-0.39, 0.29) is 18.7 Å². The average Bonchev–Trinajstić information content (AvgIpc) is 2.64. The van der Waals surface area contributed by atoms with E-state index >= 15 is 0 Å². The summed E-state index contributed by atoms with van der Waals surface area (Å²) in [7, 11) is 0. The van der Waals surface area contributed by atoms with Crippen LogP contribution in [-0.2, 0) is 14.3 Å². The van der Waals surface area contributed by atoms with Gasteiger partial charge >= 0.3 is 5.97 Å². The van der Waals surface area contributed by atoms with Crippen molar-refractivity contribution in [2.75, 3.05) is 18.1 Å². The van der Waals surface area contributed by atoms with Gasteiger partial charge in [-0.3, -0.25) is 9.59 Å². The van der Waals surface area contributed by atoms with E-state index in [9.17, 15) is 14.4 Å². The minimum Gasteiger partial charge on any atom is -0.463 e. The third kappa shape index (κ3) is 2.59. The van der Waals surface area contributed by atoms with Gasteiger partial charge in [-0.2, -0.15) is 0 Å². The Morgan fingerprint density at radius 1 is 1.29 bits per heavy atom. The van der Waals surface area contributed by atoms with Crippen molar-refractivity contribution in [1.82, 2.24) is 0 Å². The minimum absolute atomic E-state index is 0.0424. The molecule has 5 nitrogen and oxygen atoms in total. The topological polar surface area (TPSA) is 63.7 Å². The molecule has 2 rings (SSSR count). The molecule has 0 fully saturated rings. The van der Waals surface area contributed by atoms with E-state index in [1.807, 2.05) is 13.0 Å². The number of hydrogen-bond acceptors (Lipinski definition) is 4. The Labute approximate surface area is 123 Å². The van der Waals surface area contributed by atoms with Gasteiger partial charge in [-0.25, -0.2) is 4.79 Å². The average molecular weight is 287 g/mol. The molecular weight excluding hydrogens is 270 g/mol. The number of ketones is 1. The zero-order chi connectivity index (χ0) is 15.7. The number of esters is 1. The van der Waals surface area contributed by atoms with Crippen molar-refractivity contribution in [3.05, 3.63) is 41.0 Å². The summed E-state index contributed by atoms with van der Waals surface area (Å²) in [6.07, 6.45) is 0. The van der Waals surface area contributed by atoms with Crippen LogP contribution in [0.1, 0.15) is 28.4 Å². The lowest BCUT2D eigenvalue weighted by molar-refractivity contribution is -0.138. The number of hydrogen-bond donors (Lipinski definition) is 0. The summed E-state index contributed by atoms with van der Waals surface area (Å²) >= 11 is 0. The maximum absolute atomic E-state index is 12.1. The summed E-state index contributed by atoms with van der Waals surface area (Å²) in [5.74, 6) is -1.74. The highest BCUT2D eigenvalue weighted by Crippen LogP contribution is 2.33. The molecule has 1 amide bonds. The first-order chi connectivity index (χ1) is 9.86. The molecule has 0 saturated heterocycles. The summed E-state index contributed by atoms with van der Waals surface area (Å²) < 4.78 is 4.85. The molecule has 5 heteroatoms. The zero-order valence-corrected chi connectivity index (χ0v) is 12.4. The van der Waals surface area contributed by atoms with Crippen molar-refractivity contribution in [2.45, 2.75) is 20.8 Å². The fourth-order valence-corrected chi connectivity index (χ4v) is 2.44. The Morgan fingerprint density at radius 2 is 1.95 bits per heavy atom. The number of carbonyl (C=O) groups is 3.